The number of carbonyl (C=O) groups is 1. The monoisotopic (exact) mass is 281 g/mol. The second kappa shape index (κ2) is 8.25. The summed E-state index contributed by atoms with van der Waals surface area (Å²) < 4.78 is 0. The van der Waals surface area contributed by atoms with E-state index in [1.165, 1.54) is 18.4 Å². The number of hydrogen-bond acceptors (Lipinski definition) is 1. The van der Waals surface area contributed by atoms with E-state index in [9.17, 15) is 4.79 Å². The Bertz CT molecular complexity index is 536. The van der Waals surface area contributed by atoms with Crippen LogP contribution in [0.5, 0.6) is 0 Å². The van der Waals surface area contributed by atoms with Crippen LogP contribution >= 0.6 is 0 Å². The Hall–Kier alpha value is -2.09. The predicted molar refractivity (Wildman–Crippen MR) is 87.5 cm³/mol. The molecule has 2 rings (SSSR count). The smallest absolute Gasteiger partial charge is 0.251 e. The van der Waals surface area contributed by atoms with Crippen molar-refractivity contribution in [3.63, 3.8) is 0 Å². The maximum atomic E-state index is 12.1. The molecule has 0 fully saturated rings. The van der Waals surface area contributed by atoms with Gasteiger partial charge in [-0.3, -0.25) is 4.79 Å². The molecule has 0 heterocycles. The van der Waals surface area contributed by atoms with Gasteiger partial charge in [0, 0.05) is 18.0 Å². The molecule has 2 aromatic carbocycles. The van der Waals surface area contributed by atoms with Crippen LogP contribution in [-0.2, 0) is 0 Å². The largest absolute Gasteiger partial charge is 0.351 e. The average molecular weight is 281 g/mol. The second-order valence-corrected chi connectivity index (χ2v) is 5.33. The van der Waals surface area contributed by atoms with Gasteiger partial charge in [-0.1, -0.05) is 68.3 Å². The summed E-state index contributed by atoms with van der Waals surface area (Å²) in [4.78, 5) is 12.1. The summed E-state index contributed by atoms with van der Waals surface area (Å²) >= 11 is 0. The van der Waals surface area contributed by atoms with Crippen molar-refractivity contribution in [3.05, 3.63) is 71.8 Å². The van der Waals surface area contributed by atoms with Gasteiger partial charge in [-0.05, 0) is 24.1 Å². The van der Waals surface area contributed by atoms with Crippen LogP contribution in [-0.4, -0.2) is 12.5 Å². The lowest BCUT2D eigenvalue weighted by Crippen LogP contribution is -2.28. The molecule has 110 valence electrons. The van der Waals surface area contributed by atoms with Crippen molar-refractivity contribution in [2.45, 2.75) is 32.1 Å². The number of unbranched alkanes of at least 4 members (excludes halogenated alkanes) is 1. The zero-order chi connectivity index (χ0) is 14.9. The Morgan fingerprint density at radius 1 is 1.00 bits per heavy atom. The number of benzene rings is 2. The Kier molecular flexibility index (Phi) is 6.01. The number of rotatable bonds is 7. The van der Waals surface area contributed by atoms with Crippen molar-refractivity contribution in [1.29, 1.82) is 0 Å². The lowest BCUT2D eigenvalue weighted by atomic mass is 9.93. The van der Waals surface area contributed by atoms with E-state index >= 15 is 0 Å². The van der Waals surface area contributed by atoms with E-state index in [-0.39, 0.29) is 5.91 Å². The summed E-state index contributed by atoms with van der Waals surface area (Å²) in [6.07, 6.45) is 3.46. The Balaban J connectivity index is 1.97. The van der Waals surface area contributed by atoms with E-state index in [2.05, 4.69) is 36.5 Å². The molecule has 0 radical (unpaired) electrons. The first kappa shape index (κ1) is 15.3. The van der Waals surface area contributed by atoms with Crippen molar-refractivity contribution in [3.8, 4) is 0 Å². The fourth-order valence-corrected chi connectivity index (χ4v) is 2.47. The highest BCUT2D eigenvalue weighted by atomic mass is 16.1. The fraction of sp³-hybridized carbons (Fsp3) is 0.316. The van der Waals surface area contributed by atoms with E-state index in [1.807, 2.05) is 36.4 Å². The van der Waals surface area contributed by atoms with Gasteiger partial charge in [0.2, 0.25) is 0 Å². The van der Waals surface area contributed by atoms with Crippen LogP contribution < -0.4 is 5.32 Å². The van der Waals surface area contributed by atoms with Crippen molar-refractivity contribution < 1.29 is 4.79 Å². The third-order valence-electron chi connectivity index (χ3n) is 3.72. The summed E-state index contributed by atoms with van der Waals surface area (Å²) in [5, 5.41) is 3.07. The first-order chi connectivity index (χ1) is 10.3. The highest BCUT2D eigenvalue weighted by molar-refractivity contribution is 5.94. The van der Waals surface area contributed by atoms with Gasteiger partial charge in [-0.15, -0.1) is 0 Å². The van der Waals surface area contributed by atoms with Gasteiger partial charge in [0.1, 0.15) is 0 Å². The van der Waals surface area contributed by atoms with E-state index in [0.29, 0.717) is 12.5 Å². The van der Waals surface area contributed by atoms with Gasteiger partial charge in [-0.2, -0.15) is 0 Å². The fourth-order valence-electron chi connectivity index (χ4n) is 2.47. The van der Waals surface area contributed by atoms with E-state index in [1.54, 1.807) is 0 Å². The Morgan fingerprint density at radius 3 is 2.24 bits per heavy atom. The number of amides is 1. The minimum atomic E-state index is 0.00743. The lowest BCUT2D eigenvalue weighted by Gasteiger charge is -2.18. The third-order valence-corrected chi connectivity index (χ3v) is 3.72. The average Bonchev–Trinajstić information content (AvgIpc) is 2.56. The van der Waals surface area contributed by atoms with Gasteiger partial charge in [-0.25, -0.2) is 0 Å². The molecule has 0 saturated heterocycles. The van der Waals surface area contributed by atoms with E-state index in [4.69, 9.17) is 0 Å². The molecule has 2 heteroatoms. The molecule has 21 heavy (non-hydrogen) atoms. The first-order valence-corrected chi connectivity index (χ1v) is 7.69. The highest BCUT2D eigenvalue weighted by Crippen LogP contribution is 2.21. The Labute approximate surface area is 127 Å². The van der Waals surface area contributed by atoms with Crippen LogP contribution in [0.3, 0.4) is 0 Å². The van der Waals surface area contributed by atoms with Gasteiger partial charge in [0.05, 0.1) is 0 Å². The maximum absolute atomic E-state index is 12.1. The normalized spacial score (nSPS) is 11.9. The molecule has 2 nitrogen and oxygen atoms in total. The molecule has 0 spiro atoms. The van der Waals surface area contributed by atoms with Crippen molar-refractivity contribution >= 4 is 5.91 Å². The molecular formula is C19H23NO. The summed E-state index contributed by atoms with van der Waals surface area (Å²) in [7, 11) is 0. The number of hydrogen-bond donors (Lipinski definition) is 1. The number of carbonyl (C=O) groups excluding carboxylic acids is 1. The summed E-state index contributed by atoms with van der Waals surface area (Å²) in [5.41, 5.74) is 2.03. The van der Waals surface area contributed by atoms with Crippen molar-refractivity contribution in [2.24, 2.45) is 0 Å². The van der Waals surface area contributed by atoms with Gasteiger partial charge in [0.25, 0.3) is 5.91 Å². The second-order valence-electron chi connectivity index (χ2n) is 5.33. The predicted octanol–water partition coefficient (Wildman–Crippen LogP) is 4.39. The maximum Gasteiger partial charge on any atom is 0.251 e. The van der Waals surface area contributed by atoms with E-state index < -0.39 is 0 Å². The quantitative estimate of drug-likeness (QED) is 0.801. The summed E-state index contributed by atoms with van der Waals surface area (Å²) in [6, 6.07) is 19.8. The zero-order valence-electron chi connectivity index (χ0n) is 12.6. The molecule has 1 amide bonds. The van der Waals surface area contributed by atoms with Gasteiger partial charge < -0.3 is 5.32 Å². The minimum Gasteiger partial charge on any atom is -0.351 e. The molecule has 2 aromatic rings. The molecule has 1 N–H and O–H groups in total. The lowest BCUT2D eigenvalue weighted by molar-refractivity contribution is 0.0950. The molecule has 0 aromatic heterocycles. The molecule has 0 aliphatic heterocycles. The highest BCUT2D eigenvalue weighted by Gasteiger charge is 2.13. The van der Waals surface area contributed by atoms with Gasteiger partial charge in [0.15, 0.2) is 0 Å². The molecule has 1 unspecified atom stereocenters. The molecular weight excluding hydrogens is 258 g/mol. The molecule has 0 aliphatic carbocycles. The van der Waals surface area contributed by atoms with Crippen LogP contribution in [0.15, 0.2) is 60.7 Å². The first-order valence-electron chi connectivity index (χ1n) is 7.69. The topological polar surface area (TPSA) is 29.1 Å². The minimum absolute atomic E-state index is 0.00743. The standard InChI is InChI=1S/C19H23NO/c1-2-3-10-18(16-11-6-4-7-12-16)15-20-19(21)17-13-8-5-9-14-17/h4-9,11-14,18H,2-3,10,15H2,1H3,(H,20,21). The third kappa shape index (κ3) is 4.75. The zero-order valence-corrected chi connectivity index (χ0v) is 12.6. The summed E-state index contributed by atoms with van der Waals surface area (Å²) in [6.45, 7) is 2.89. The number of nitrogens with one attached hydrogen (secondary N) is 1. The Morgan fingerprint density at radius 2 is 1.62 bits per heavy atom. The van der Waals surface area contributed by atoms with Gasteiger partial charge >= 0.3 is 0 Å². The molecule has 0 bridgehead atoms. The molecule has 1 atom stereocenters. The van der Waals surface area contributed by atoms with Crippen LogP contribution in [0.1, 0.15) is 48.0 Å². The van der Waals surface area contributed by atoms with Crippen LogP contribution in [0.25, 0.3) is 0 Å². The van der Waals surface area contributed by atoms with Crippen molar-refractivity contribution in [2.75, 3.05) is 6.54 Å². The van der Waals surface area contributed by atoms with Crippen LogP contribution in [0.2, 0.25) is 0 Å². The summed E-state index contributed by atoms with van der Waals surface area (Å²) in [5.74, 6) is 0.395. The molecule has 0 saturated carbocycles. The van der Waals surface area contributed by atoms with Crippen molar-refractivity contribution in [1.82, 2.24) is 5.32 Å². The van der Waals surface area contributed by atoms with Crippen LogP contribution in [0.4, 0.5) is 0 Å². The SMILES string of the molecule is CCCCC(CNC(=O)c1ccccc1)c1ccccc1. The van der Waals surface area contributed by atoms with Crippen LogP contribution in [0, 0.1) is 0 Å². The van der Waals surface area contributed by atoms with E-state index in [0.717, 1.165) is 12.0 Å². The molecule has 0 aliphatic rings.